The maximum absolute atomic E-state index is 9.13. The Morgan fingerprint density at radius 3 is 3.06 bits per heavy atom. The maximum atomic E-state index is 9.13. The predicted octanol–water partition coefficient (Wildman–Crippen LogP) is 2.04. The van der Waals surface area contributed by atoms with Gasteiger partial charge in [-0.2, -0.15) is 0 Å². The largest absolute Gasteiger partial charge is 0.497 e. The fourth-order valence-electron chi connectivity index (χ4n) is 2.47. The Kier molecular flexibility index (Phi) is 4.02. The minimum Gasteiger partial charge on any atom is -0.497 e. The molecule has 1 aromatic rings. The van der Waals surface area contributed by atoms with Crippen LogP contribution >= 0.6 is 0 Å². The first-order valence-electron chi connectivity index (χ1n) is 6.28. The number of benzene rings is 1. The first-order valence-corrected chi connectivity index (χ1v) is 6.28. The molecule has 0 aliphatic heterocycles. The van der Waals surface area contributed by atoms with E-state index in [1.54, 1.807) is 7.11 Å². The van der Waals surface area contributed by atoms with Crippen LogP contribution < -0.4 is 10.1 Å². The summed E-state index contributed by atoms with van der Waals surface area (Å²) in [7, 11) is 1.70. The lowest BCUT2D eigenvalue weighted by Crippen LogP contribution is -2.34. The van der Waals surface area contributed by atoms with Crippen molar-refractivity contribution in [2.45, 2.75) is 38.3 Å². The Morgan fingerprint density at radius 1 is 1.53 bits per heavy atom. The fourth-order valence-corrected chi connectivity index (χ4v) is 2.47. The fraction of sp³-hybridized carbons (Fsp3) is 0.571. The molecule has 1 unspecified atom stereocenters. The van der Waals surface area contributed by atoms with E-state index in [-0.39, 0.29) is 12.6 Å². The van der Waals surface area contributed by atoms with Crippen LogP contribution in [0.25, 0.3) is 0 Å². The molecule has 0 heterocycles. The third-order valence-corrected chi connectivity index (χ3v) is 3.43. The Morgan fingerprint density at radius 2 is 2.35 bits per heavy atom. The second-order valence-electron chi connectivity index (χ2n) is 4.76. The molecule has 94 valence electrons. The normalized spacial score (nSPS) is 20.8. The van der Waals surface area contributed by atoms with Crippen molar-refractivity contribution >= 4 is 0 Å². The lowest BCUT2D eigenvalue weighted by Gasteiger charge is -2.29. The topological polar surface area (TPSA) is 41.5 Å². The van der Waals surface area contributed by atoms with Gasteiger partial charge >= 0.3 is 0 Å². The second kappa shape index (κ2) is 5.52. The van der Waals surface area contributed by atoms with E-state index < -0.39 is 0 Å². The maximum Gasteiger partial charge on any atom is 0.119 e. The molecule has 0 fully saturated rings. The van der Waals surface area contributed by atoms with Crippen molar-refractivity contribution in [3.8, 4) is 5.75 Å². The summed E-state index contributed by atoms with van der Waals surface area (Å²) in [5.41, 5.74) is 2.73. The molecule has 0 bridgehead atoms. The van der Waals surface area contributed by atoms with Gasteiger partial charge in [0.1, 0.15) is 5.75 Å². The Balaban J connectivity index is 2.22. The highest BCUT2D eigenvalue weighted by Gasteiger charge is 2.21. The molecule has 0 aromatic heterocycles. The van der Waals surface area contributed by atoms with Crippen molar-refractivity contribution < 1.29 is 9.84 Å². The van der Waals surface area contributed by atoms with Crippen molar-refractivity contribution in [1.29, 1.82) is 0 Å². The van der Waals surface area contributed by atoms with Crippen molar-refractivity contribution in [3.63, 3.8) is 0 Å². The Labute approximate surface area is 103 Å². The number of hydrogen-bond acceptors (Lipinski definition) is 3. The lowest BCUT2D eigenvalue weighted by molar-refractivity contribution is 0.236. The molecule has 2 N–H and O–H groups in total. The molecule has 1 aromatic carbocycles. The van der Waals surface area contributed by atoms with Crippen LogP contribution in [0, 0.1) is 0 Å². The van der Waals surface area contributed by atoms with Crippen LogP contribution in [-0.2, 0) is 6.42 Å². The van der Waals surface area contributed by atoms with E-state index in [9.17, 15) is 0 Å². The number of rotatable bonds is 4. The molecule has 0 saturated carbocycles. The molecule has 17 heavy (non-hydrogen) atoms. The van der Waals surface area contributed by atoms with E-state index in [0.29, 0.717) is 6.04 Å². The minimum absolute atomic E-state index is 0.136. The van der Waals surface area contributed by atoms with Crippen LogP contribution in [0.2, 0.25) is 0 Å². The summed E-state index contributed by atoms with van der Waals surface area (Å²) < 4.78 is 5.28. The van der Waals surface area contributed by atoms with Gasteiger partial charge in [0.25, 0.3) is 0 Å². The summed E-state index contributed by atoms with van der Waals surface area (Å²) in [6.45, 7) is 2.18. The molecule has 3 heteroatoms. The van der Waals surface area contributed by atoms with Gasteiger partial charge in [-0.05, 0) is 49.4 Å². The summed E-state index contributed by atoms with van der Waals surface area (Å²) >= 11 is 0. The molecule has 0 radical (unpaired) electrons. The summed E-state index contributed by atoms with van der Waals surface area (Å²) in [5.74, 6) is 0.911. The van der Waals surface area contributed by atoms with Crippen molar-refractivity contribution in [1.82, 2.24) is 5.32 Å². The summed E-state index contributed by atoms with van der Waals surface area (Å²) in [6.07, 6.45) is 3.48. The highest BCUT2D eigenvalue weighted by atomic mass is 16.5. The van der Waals surface area contributed by atoms with Crippen LogP contribution in [0.3, 0.4) is 0 Å². The zero-order valence-corrected chi connectivity index (χ0v) is 10.6. The zero-order chi connectivity index (χ0) is 12.3. The van der Waals surface area contributed by atoms with Gasteiger partial charge in [-0.3, -0.25) is 0 Å². The molecule has 0 saturated heterocycles. The number of methoxy groups -OCH3 is 1. The van der Waals surface area contributed by atoms with Crippen LogP contribution in [0.1, 0.15) is 36.9 Å². The molecule has 1 aliphatic carbocycles. The second-order valence-corrected chi connectivity index (χ2v) is 4.76. The predicted molar refractivity (Wildman–Crippen MR) is 68.4 cm³/mol. The number of aryl methyl sites for hydroxylation is 1. The molecular formula is C14H21NO2. The molecule has 2 rings (SSSR count). The average molecular weight is 235 g/mol. The van der Waals surface area contributed by atoms with Crippen LogP contribution in [-0.4, -0.2) is 24.9 Å². The van der Waals surface area contributed by atoms with E-state index in [2.05, 4.69) is 17.4 Å². The number of aliphatic hydroxyl groups excluding tert-OH is 1. The van der Waals surface area contributed by atoms with Crippen molar-refractivity contribution in [2.75, 3.05) is 13.7 Å². The van der Waals surface area contributed by atoms with Gasteiger partial charge in [-0.1, -0.05) is 6.07 Å². The molecular weight excluding hydrogens is 214 g/mol. The number of ether oxygens (including phenoxy) is 1. The monoisotopic (exact) mass is 235 g/mol. The van der Waals surface area contributed by atoms with E-state index in [0.717, 1.165) is 18.6 Å². The van der Waals surface area contributed by atoms with E-state index >= 15 is 0 Å². The molecule has 3 nitrogen and oxygen atoms in total. The van der Waals surface area contributed by atoms with Gasteiger partial charge in [-0.25, -0.2) is 0 Å². The van der Waals surface area contributed by atoms with Crippen molar-refractivity contribution in [3.05, 3.63) is 29.3 Å². The molecule has 0 spiro atoms. The molecule has 1 aliphatic rings. The average Bonchev–Trinajstić information content (AvgIpc) is 2.38. The van der Waals surface area contributed by atoms with Crippen molar-refractivity contribution in [2.24, 2.45) is 0 Å². The van der Waals surface area contributed by atoms with Gasteiger partial charge < -0.3 is 15.2 Å². The number of hydrogen-bond donors (Lipinski definition) is 2. The third kappa shape index (κ3) is 2.79. The number of aliphatic hydroxyl groups is 1. The summed E-state index contributed by atoms with van der Waals surface area (Å²) in [6, 6.07) is 6.78. The smallest absolute Gasteiger partial charge is 0.119 e. The van der Waals surface area contributed by atoms with Gasteiger partial charge in [0.05, 0.1) is 13.7 Å². The molecule has 2 atom stereocenters. The van der Waals surface area contributed by atoms with Gasteiger partial charge in [0.2, 0.25) is 0 Å². The number of nitrogens with one attached hydrogen (secondary N) is 1. The van der Waals surface area contributed by atoms with Gasteiger partial charge in [-0.15, -0.1) is 0 Å². The highest BCUT2D eigenvalue weighted by Crippen LogP contribution is 2.32. The van der Waals surface area contributed by atoms with E-state index in [4.69, 9.17) is 9.84 Å². The zero-order valence-electron chi connectivity index (χ0n) is 10.6. The summed E-state index contributed by atoms with van der Waals surface area (Å²) in [5, 5.41) is 12.6. The summed E-state index contributed by atoms with van der Waals surface area (Å²) in [4.78, 5) is 0. The third-order valence-electron chi connectivity index (χ3n) is 3.43. The Hall–Kier alpha value is -1.06. The van der Waals surface area contributed by atoms with Crippen LogP contribution in [0.15, 0.2) is 18.2 Å². The standard InChI is InChI=1S/C14H21NO2/c1-10(9-16)15-14-5-3-4-11-6-7-12(17-2)8-13(11)14/h6-8,10,14-16H,3-5,9H2,1-2H3/t10-,14?/m1/s1. The molecule has 0 amide bonds. The van der Waals surface area contributed by atoms with Gasteiger partial charge in [0, 0.05) is 12.1 Å². The highest BCUT2D eigenvalue weighted by molar-refractivity contribution is 5.39. The Bertz CT molecular complexity index is 378. The van der Waals surface area contributed by atoms with Gasteiger partial charge in [0.15, 0.2) is 0 Å². The first kappa shape index (κ1) is 12.4. The first-order chi connectivity index (χ1) is 8.24. The van der Waals surface area contributed by atoms with Crippen LogP contribution in [0.4, 0.5) is 0 Å². The minimum atomic E-state index is 0.136. The SMILES string of the molecule is COc1ccc2c(c1)C(N[C@H](C)CO)CCC2. The van der Waals surface area contributed by atoms with E-state index in [1.807, 2.05) is 13.0 Å². The van der Waals surface area contributed by atoms with E-state index in [1.165, 1.54) is 17.5 Å². The number of fused-ring (bicyclic) bond motifs is 1. The quantitative estimate of drug-likeness (QED) is 0.839. The van der Waals surface area contributed by atoms with Crippen LogP contribution in [0.5, 0.6) is 5.75 Å². The lowest BCUT2D eigenvalue weighted by atomic mass is 9.87.